The molecule has 0 saturated carbocycles. The third kappa shape index (κ3) is 4.33. The molecule has 2 aromatic rings. The molecule has 0 aliphatic rings. The summed E-state index contributed by atoms with van der Waals surface area (Å²) < 4.78 is 27.4. The van der Waals surface area contributed by atoms with Crippen molar-refractivity contribution < 1.29 is 8.42 Å². The molecule has 0 spiro atoms. The monoisotopic (exact) mass is 304 g/mol. The number of nitrogens with zero attached hydrogens (tertiary/aromatic N) is 3. The summed E-state index contributed by atoms with van der Waals surface area (Å²) in [6.07, 6.45) is 3.66. The predicted molar refractivity (Wildman–Crippen MR) is 80.2 cm³/mol. The Morgan fingerprint density at radius 3 is 2.95 bits per heavy atom. The molecule has 0 aliphatic carbocycles. The smallest absolute Gasteiger partial charge is 0.232 e. The zero-order chi connectivity index (χ0) is 15.3. The number of hydrogen-bond acceptors (Lipinski definition) is 4. The maximum Gasteiger partial charge on any atom is 0.232 e. The third-order valence-corrected chi connectivity index (χ3v) is 4.27. The van der Waals surface area contributed by atoms with E-state index in [0.717, 1.165) is 5.56 Å². The number of rotatable bonds is 6. The highest BCUT2D eigenvalue weighted by Crippen LogP contribution is 2.11. The Hall–Kier alpha value is -2.33. The maximum atomic E-state index is 11.7. The summed E-state index contributed by atoms with van der Waals surface area (Å²) in [4.78, 5) is 0. The first-order chi connectivity index (χ1) is 10.0. The number of benzene rings is 1. The fourth-order valence-corrected chi connectivity index (χ4v) is 3.03. The van der Waals surface area contributed by atoms with Gasteiger partial charge in [-0.15, -0.1) is 0 Å². The minimum Gasteiger partial charge on any atom is -0.280 e. The lowest BCUT2D eigenvalue weighted by Gasteiger charge is -2.04. The quantitative estimate of drug-likeness (QED) is 0.883. The SMILES string of the molecule is CCCS(=O)(=O)Nc1cnn(Cc2cccc(C#N)c2)c1. The summed E-state index contributed by atoms with van der Waals surface area (Å²) >= 11 is 0. The normalized spacial score (nSPS) is 11.0. The highest BCUT2D eigenvalue weighted by Gasteiger charge is 2.10. The number of nitrogens with one attached hydrogen (secondary N) is 1. The van der Waals surface area contributed by atoms with E-state index in [9.17, 15) is 8.42 Å². The molecule has 7 heteroatoms. The first-order valence-electron chi connectivity index (χ1n) is 6.54. The van der Waals surface area contributed by atoms with E-state index in [0.29, 0.717) is 24.2 Å². The van der Waals surface area contributed by atoms with Crippen molar-refractivity contribution in [3.63, 3.8) is 0 Å². The molecule has 2 rings (SSSR count). The molecule has 1 N–H and O–H groups in total. The van der Waals surface area contributed by atoms with E-state index in [2.05, 4.69) is 15.9 Å². The lowest BCUT2D eigenvalue weighted by molar-refractivity contribution is 0.600. The van der Waals surface area contributed by atoms with Gasteiger partial charge in [0.25, 0.3) is 0 Å². The van der Waals surface area contributed by atoms with E-state index >= 15 is 0 Å². The van der Waals surface area contributed by atoms with Crippen LogP contribution in [0.3, 0.4) is 0 Å². The van der Waals surface area contributed by atoms with Crippen LogP contribution >= 0.6 is 0 Å². The van der Waals surface area contributed by atoms with Gasteiger partial charge in [0.1, 0.15) is 0 Å². The van der Waals surface area contributed by atoms with Crippen molar-refractivity contribution >= 4 is 15.7 Å². The topological polar surface area (TPSA) is 87.8 Å². The van der Waals surface area contributed by atoms with E-state index in [-0.39, 0.29) is 5.75 Å². The van der Waals surface area contributed by atoms with Crippen LogP contribution in [0, 0.1) is 11.3 Å². The summed E-state index contributed by atoms with van der Waals surface area (Å²) in [7, 11) is -3.30. The maximum absolute atomic E-state index is 11.7. The van der Waals surface area contributed by atoms with E-state index in [1.165, 1.54) is 6.20 Å². The van der Waals surface area contributed by atoms with Crippen LogP contribution in [-0.2, 0) is 16.6 Å². The largest absolute Gasteiger partial charge is 0.280 e. The van der Waals surface area contributed by atoms with E-state index in [1.807, 2.05) is 19.1 Å². The summed E-state index contributed by atoms with van der Waals surface area (Å²) in [6.45, 7) is 2.29. The summed E-state index contributed by atoms with van der Waals surface area (Å²) in [5, 5.41) is 13.0. The lowest BCUT2D eigenvalue weighted by atomic mass is 10.1. The molecule has 1 aromatic carbocycles. The molecule has 6 nitrogen and oxygen atoms in total. The number of nitriles is 1. The van der Waals surface area contributed by atoms with Crippen LogP contribution in [0.4, 0.5) is 5.69 Å². The lowest BCUT2D eigenvalue weighted by Crippen LogP contribution is -2.15. The Morgan fingerprint density at radius 1 is 1.43 bits per heavy atom. The van der Waals surface area contributed by atoms with Gasteiger partial charge in [0.05, 0.1) is 35.8 Å². The van der Waals surface area contributed by atoms with Gasteiger partial charge in [-0.05, 0) is 24.1 Å². The summed E-state index contributed by atoms with van der Waals surface area (Å²) in [5.41, 5.74) is 1.96. The van der Waals surface area contributed by atoms with Gasteiger partial charge in [-0.3, -0.25) is 9.40 Å². The molecule has 0 fully saturated rings. The van der Waals surface area contributed by atoms with Gasteiger partial charge in [0.2, 0.25) is 10.0 Å². The van der Waals surface area contributed by atoms with Crippen molar-refractivity contribution in [2.75, 3.05) is 10.5 Å². The van der Waals surface area contributed by atoms with Gasteiger partial charge >= 0.3 is 0 Å². The van der Waals surface area contributed by atoms with Gasteiger partial charge in [0, 0.05) is 6.20 Å². The van der Waals surface area contributed by atoms with E-state index < -0.39 is 10.0 Å². The van der Waals surface area contributed by atoms with Crippen molar-refractivity contribution in [1.82, 2.24) is 9.78 Å². The zero-order valence-electron chi connectivity index (χ0n) is 11.7. The number of anilines is 1. The van der Waals surface area contributed by atoms with Crippen molar-refractivity contribution in [2.24, 2.45) is 0 Å². The second-order valence-electron chi connectivity index (χ2n) is 4.66. The third-order valence-electron chi connectivity index (χ3n) is 2.78. The molecule has 110 valence electrons. The van der Waals surface area contributed by atoms with Crippen molar-refractivity contribution in [1.29, 1.82) is 5.26 Å². The van der Waals surface area contributed by atoms with Gasteiger partial charge < -0.3 is 0 Å². The Bertz CT molecular complexity index is 759. The average Bonchev–Trinajstić information content (AvgIpc) is 2.85. The molecule has 0 saturated heterocycles. The Morgan fingerprint density at radius 2 is 2.24 bits per heavy atom. The fourth-order valence-electron chi connectivity index (χ4n) is 1.93. The minimum absolute atomic E-state index is 0.0857. The molecule has 1 aromatic heterocycles. The molecule has 0 unspecified atom stereocenters. The first-order valence-corrected chi connectivity index (χ1v) is 8.19. The summed E-state index contributed by atoms with van der Waals surface area (Å²) in [5.74, 6) is 0.0857. The van der Waals surface area contributed by atoms with E-state index in [1.54, 1.807) is 23.0 Å². The van der Waals surface area contributed by atoms with Crippen LogP contribution in [-0.4, -0.2) is 24.0 Å². The molecule has 0 amide bonds. The molecule has 0 radical (unpaired) electrons. The van der Waals surface area contributed by atoms with Gasteiger partial charge in [-0.25, -0.2) is 8.42 Å². The van der Waals surface area contributed by atoms with Gasteiger partial charge in [-0.2, -0.15) is 10.4 Å². The fraction of sp³-hybridized carbons (Fsp3) is 0.286. The highest BCUT2D eigenvalue weighted by atomic mass is 32.2. The van der Waals surface area contributed by atoms with Crippen LogP contribution in [0.25, 0.3) is 0 Å². The average molecular weight is 304 g/mol. The van der Waals surface area contributed by atoms with Gasteiger partial charge in [-0.1, -0.05) is 19.1 Å². The van der Waals surface area contributed by atoms with Gasteiger partial charge in [0.15, 0.2) is 0 Å². The predicted octanol–water partition coefficient (Wildman–Crippen LogP) is 1.95. The summed E-state index contributed by atoms with van der Waals surface area (Å²) in [6, 6.07) is 9.30. The molecule has 0 bridgehead atoms. The Labute approximate surface area is 124 Å². The van der Waals surface area contributed by atoms with Crippen LogP contribution in [0.5, 0.6) is 0 Å². The van der Waals surface area contributed by atoms with Crippen LogP contribution < -0.4 is 4.72 Å². The van der Waals surface area contributed by atoms with Crippen molar-refractivity contribution in [3.05, 3.63) is 47.8 Å². The van der Waals surface area contributed by atoms with Crippen LogP contribution in [0.1, 0.15) is 24.5 Å². The van der Waals surface area contributed by atoms with Crippen LogP contribution in [0.2, 0.25) is 0 Å². The number of sulfonamides is 1. The zero-order valence-corrected chi connectivity index (χ0v) is 12.5. The minimum atomic E-state index is -3.30. The van der Waals surface area contributed by atoms with Crippen molar-refractivity contribution in [2.45, 2.75) is 19.9 Å². The number of hydrogen-bond donors (Lipinski definition) is 1. The van der Waals surface area contributed by atoms with E-state index in [4.69, 9.17) is 5.26 Å². The molecule has 21 heavy (non-hydrogen) atoms. The second kappa shape index (κ2) is 6.41. The molecule has 0 aliphatic heterocycles. The molecular formula is C14H16N4O2S. The van der Waals surface area contributed by atoms with Crippen LogP contribution in [0.15, 0.2) is 36.7 Å². The standard InChI is InChI=1S/C14H16N4O2S/c1-2-6-21(19,20)17-14-9-16-18(11-14)10-13-5-3-4-12(7-13)8-15/h3-5,7,9,11,17H,2,6,10H2,1H3. The molecular weight excluding hydrogens is 288 g/mol. The highest BCUT2D eigenvalue weighted by molar-refractivity contribution is 7.92. The Kier molecular flexibility index (Phi) is 4.60. The molecule has 0 atom stereocenters. The number of aromatic nitrogens is 2. The second-order valence-corrected chi connectivity index (χ2v) is 6.50. The Balaban J connectivity index is 2.08. The molecule has 1 heterocycles. The van der Waals surface area contributed by atoms with Crippen molar-refractivity contribution in [3.8, 4) is 6.07 Å². The first kappa shape index (κ1) is 15.1.